The highest BCUT2D eigenvalue weighted by Gasteiger charge is 2.16. The first kappa shape index (κ1) is 17.7. The highest BCUT2D eigenvalue weighted by Crippen LogP contribution is 2.19. The number of hydrazone groups is 1. The number of nitrogens with one attached hydrogen (secondary N) is 2. The number of nitrogens with zero attached hydrogens (tertiary/aromatic N) is 5. The van der Waals surface area contributed by atoms with Crippen molar-refractivity contribution in [3.05, 3.63) is 33.8 Å². The summed E-state index contributed by atoms with van der Waals surface area (Å²) in [5.41, 5.74) is 3.54. The van der Waals surface area contributed by atoms with Crippen LogP contribution in [0, 0.1) is 0 Å². The molecule has 1 aromatic heterocycles. The van der Waals surface area contributed by atoms with Gasteiger partial charge in [0.15, 0.2) is 0 Å². The first-order valence-corrected chi connectivity index (χ1v) is 8.42. The zero-order chi connectivity index (χ0) is 17.6. The minimum absolute atomic E-state index is 0.335. The highest BCUT2D eigenvalue weighted by atomic mass is 35.5. The van der Waals surface area contributed by atoms with Gasteiger partial charge in [-0.1, -0.05) is 29.3 Å². The number of benzene rings is 1. The Bertz CT molecular complexity index is 766. The highest BCUT2D eigenvalue weighted by molar-refractivity contribution is 6.36. The Labute approximate surface area is 155 Å². The predicted molar refractivity (Wildman–Crippen MR) is 100 cm³/mol. The van der Waals surface area contributed by atoms with Crippen LogP contribution in [-0.2, 0) is 4.74 Å². The fourth-order valence-corrected chi connectivity index (χ4v) is 2.65. The van der Waals surface area contributed by atoms with Gasteiger partial charge in [0, 0.05) is 30.7 Å². The van der Waals surface area contributed by atoms with E-state index in [2.05, 4.69) is 30.8 Å². The van der Waals surface area contributed by atoms with Gasteiger partial charge < -0.3 is 15.0 Å². The van der Waals surface area contributed by atoms with E-state index in [1.807, 2.05) is 4.90 Å². The van der Waals surface area contributed by atoms with Crippen molar-refractivity contribution in [2.75, 3.05) is 49.0 Å². The Hall–Kier alpha value is -2.16. The number of hydrogen-bond acceptors (Lipinski definition) is 8. The number of rotatable bonds is 5. The van der Waals surface area contributed by atoms with Crippen LogP contribution in [0.3, 0.4) is 0 Å². The van der Waals surface area contributed by atoms with E-state index in [4.69, 9.17) is 27.9 Å². The summed E-state index contributed by atoms with van der Waals surface area (Å²) in [5, 5.41) is 8.14. The molecular weight excluding hydrogens is 365 g/mol. The van der Waals surface area contributed by atoms with Crippen LogP contribution in [0.1, 0.15) is 5.56 Å². The third kappa shape index (κ3) is 4.68. The van der Waals surface area contributed by atoms with Crippen LogP contribution in [0.5, 0.6) is 0 Å². The van der Waals surface area contributed by atoms with E-state index >= 15 is 0 Å². The lowest BCUT2D eigenvalue weighted by Gasteiger charge is -2.26. The van der Waals surface area contributed by atoms with Crippen molar-refractivity contribution in [3.8, 4) is 0 Å². The largest absolute Gasteiger partial charge is 0.378 e. The lowest BCUT2D eigenvalue weighted by molar-refractivity contribution is 0.122. The van der Waals surface area contributed by atoms with Gasteiger partial charge in [-0.05, 0) is 12.1 Å². The molecule has 1 aliphatic heterocycles. The zero-order valence-corrected chi connectivity index (χ0v) is 15.0. The molecule has 0 saturated carbocycles. The minimum Gasteiger partial charge on any atom is -0.378 e. The average Bonchev–Trinajstić information content (AvgIpc) is 2.64. The van der Waals surface area contributed by atoms with E-state index in [9.17, 15) is 0 Å². The van der Waals surface area contributed by atoms with Gasteiger partial charge in [0.05, 0.1) is 24.5 Å². The number of halogens is 2. The van der Waals surface area contributed by atoms with Gasteiger partial charge in [-0.2, -0.15) is 20.1 Å². The molecule has 0 unspecified atom stereocenters. The van der Waals surface area contributed by atoms with Gasteiger partial charge in [0.2, 0.25) is 17.8 Å². The van der Waals surface area contributed by atoms with Crippen LogP contribution in [-0.4, -0.2) is 54.5 Å². The molecule has 25 heavy (non-hydrogen) atoms. The topological polar surface area (TPSA) is 87.6 Å². The molecule has 0 radical (unpaired) electrons. The normalized spacial score (nSPS) is 14.8. The van der Waals surface area contributed by atoms with E-state index in [1.165, 1.54) is 0 Å². The summed E-state index contributed by atoms with van der Waals surface area (Å²) in [6.45, 7) is 2.76. The van der Waals surface area contributed by atoms with Crippen molar-refractivity contribution in [2.45, 2.75) is 0 Å². The van der Waals surface area contributed by atoms with Gasteiger partial charge in [-0.15, -0.1) is 0 Å². The number of anilines is 3. The number of ether oxygens (including phenoxy) is 1. The van der Waals surface area contributed by atoms with E-state index in [1.54, 1.807) is 31.5 Å². The van der Waals surface area contributed by atoms with Crippen molar-refractivity contribution < 1.29 is 4.74 Å². The summed E-state index contributed by atoms with van der Waals surface area (Å²) in [5.74, 6) is 1.37. The number of aromatic nitrogens is 3. The summed E-state index contributed by atoms with van der Waals surface area (Å²) in [4.78, 5) is 15.1. The van der Waals surface area contributed by atoms with Crippen LogP contribution in [0.2, 0.25) is 10.0 Å². The molecule has 0 aliphatic carbocycles. The second kappa shape index (κ2) is 8.28. The van der Waals surface area contributed by atoms with Gasteiger partial charge in [0.1, 0.15) is 0 Å². The molecule has 1 fully saturated rings. The fraction of sp³-hybridized carbons (Fsp3) is 0.333. The van der Waals surface area contributed by atoms with E-state index in [0.717, 1.165) is 18.7 Å². The Balaban J connectivity index is 1.75. The molecule has 8 nitrogen and oxygen atoms in total. The molecule has 0 spiro atoms. The standard InChI is InChI=1S/C15H17Cl2N7O/c1-18-13-20-14(22-15(21-13)24-4-6-25-7-5-24)23-19-9-10-2-3-11(16)8-12(10)17/h2-3,8-9H,4-7H2,1H3,(H2,18,20,21,22,23). The van der Waals surface area contributed by atoms with Crippen LogP contribution in [0.15, 0.2) is 23.3 Å². The van der Waals surface area contributed by atoms with Crippen molar-refractivity contribution >= 4 is 47.3 Å². The van der Waals surface area contributed by atoms with E-state index < -0.39 is 0 Å². The van der Waals surface area contributed by atoms with Crippen LogP contribution in [0.25, 0.3) is 0 Å². The average molecular weight is 382 g/mol. The van der Waals surface area contributed by atoms with Crippen LogP contribution in [0.4, 0.5) is 17.8 Å². The van der Waals surface area contributed by atoms with Gasteiger partial charge >= 0.3 is 0 Å². The Morgan fingerprint density at radius 2 is 1.92 bits per heavy atom. The number of morpholine rings is 1. The molecule has 2 heterocycles. The Morgan fingerprint density at radius 1 is 1.16 bits per heavy atom. The molecule has 10 heteroatoms. The molecule has 0 atom stereocenters. The monoisotopic (exact) mass is 381 g/mol. The maximum Gasteiger partial charge on any atom is 0.250 e. The SMILES string of the molecule is CNc1nc(NN=Cc2ccc(Cl)cc2Cl)nc(N2CCOCC2)n1. The van der Waals surface area contributed by atoms with E-state index in [-0.39, 0.29) is 0 Å². The lowest BCUT2D eigenvalue weighted by atomic mass is 10.2. The van der Waals surface area contributed by atoms with E-state index in [0.29, 0.717) is 41.1 Å². The number of hydrogen-bond donors (Lipinski definition) is 2. The molecule has 3 rings (SSSR count). The first-order valence-electron chi connectivity index (χ1n) is 7.66. The molecular formula is C15H17Cl2N7O. The predicted octanol–water partition coefficient (Wildman–Crippen LogP) is 2.50. The molecule has 0 bridgehead atoms. The molecule has 1 aliphatic rings. The molecule has 132 valence electrons. The van der Waals surface area contributed by atoms with Crippen molar-refractivity contribution in [3.63, 3.8) is 0 Å². The first-order chi connectivity index (χ1) is 12.2. The van der Waals surface area contributed by atoms with Gasteiger partial charge in [-0.25, -0.2) is 5.43 Å². The molecule has 2 N–H and O–H groups in total. The molecule has 0 amide bonds. The smallest absolute Gasteiger partial charge is 0.250 e. The second-order valence-electron chi connectivity index (χ2n) is 5.17. The maximum atomic E-state index is 6.11. The lowest BCUT2D eigenvalue weighted by Crippen LogP contribution is -2.37. The summed E-state index contributed by atoms with van der Waals surface area (Å²) in [7, 11) is 1.75. The summed E-state index contributed by atoms with van der Waals surface area (Å²) >= 11 is 12.0. The summed E-state index contributed by atoms with van der Waals surface area (Å²) in [6, 6.07) is 5.18. The van der Waals surface area contributed by atoms with Crippen LogP contribution < -0.4 is 15.6 Å². The third-order valence-electron chi connectivity index (χ3n) is 3.47. The quantitative estimate of drug-likeness (QED) is 0.607. The fourth-order valence-electron chi connectivity index (χ4n) is 2.20. The third-order valence-corrected chi connectivity index (χ3v) is 4.03. The van der Waals surface area contributed by atoms with Crippen molar-refractivity contribution in [1.82, 2.24) is 15.0 Å². The van der Waals surface area contributed by atoms with Crippen molar-refractivity contribution in [1.29, 1.82) is 0 Å². The molecule has 1 aromatic carbocycles. The molecule has 2 aromatic rings. The van der Waals surface area contributed by atoms with Gasteiger partial charge in [0.25, 0.3) is 0 Å². The Morgan fingerprint density at radius 3 is 2.64 bits per heavy atom. The van der Waals surface area contributed by atoms with Crippen LogP contribution >= 0.6 is 23.2 Å². The molecule has 1 saturated heterocycles. The second-order valence-corrected chi connectivity index (χ2v) is 6.01. The minimum atomic E-state index is 0.335. The maximum absolute atomic E-state index is 6.11. The summed E-state index contributed by atoms with van der Waals surface area (Å²) in [6.07, 6.45) is 1.58. The summed E-state index contributed by atoms with van der Waals surface area (Å²) < 4.78 is 5.35. The van der Waals surface area contributed by atoms with Crippen molar-refractivity contribution in [2.24, 2.45) is 5.10 Å². The van der Waals surface area contributed by atoms with Gasteiger partial charge in [-0.3, -0.25) is 0 Å². The zero-order valence-electron chi connectivity index (χ0n) is 13.5. The Kier molecular flexibility index (Phi) is 5.85.